The van der Waals surface area contributed by atoms with Gasteiger partial charge in [-0.1, -0.05) is 23.4 Å². The van der Waals surface area contributed by atoms with Gasteiger partial charge >= 0.3 is 5.97 Å². The second kappa shape index (κ2) is 5.65. The first-order chi connectivity index (χ1) is 9.50. The molecule has 0 fully saturated rings. The van der Waals surface area contributed by atoms with E-state index >= 15 is 0 Å². The average molecular weight is 269 g/mol. The molecule has 0 radical (unpaired) electrons. The fraction of sp³-hybridized carbons (Fsp3) is 0.188. The van der Waals surface area contributed by atoms with Gasteiger partial charge in [0, 0.05) is 5.57 Å². The van der Waals surface area contributed by atoms with Crippen LogP contribution in [0, 0.1) is 6.92 Å². The molecule has 4 nitrogen and oxygen atoms in total. The van der Waals surface area contributed by atoms with E-state index in [2.05, 4.69) is 5.16 Å². The van der Waals surface area contributed by atoms with Crippen LogP contribution in [-0.4, -0.2) is 17.5 Å². The third kappa shape index (κ3) is 2.74. The number of rotatable bonds is 2. The predicted molar refractivity (Wildman–Crippen MR) is 76.6 cm³/mol. The quantitative estimate of drug-likeness (QED) is 0.471. The summed E-state index contributed by atoms with van der Waals surface area (Å²) in [5.41, 5.74) is 3.12. The van der Waals surface area contributed by atoms with Crippen molar-refractivity contribution in [3.8, 4) is 0 Å². The summed E-state index contributed by atoms with van der Waals surface area (Å²) in [5.74, 6) is -0.557. The Hall–Kier alpha value is -2.49. The molecule has 0 amide bonds. The van der Waals surface area contributed by atoms with Crippen LogP contribution in [0.15, 0.2) is 52.7 Å². The maximum atomic E-state index is 11.9. The Kier molecular flexibility index (Phi) is 3.94. The molecule has 1 aliphatic carbocycles. The summed E-state index contributed by atoms with van der Waals surface area (Å²) < 4.78 is 0. The lowest BCUT2D eigenvalue weighted by Gasteiger charge is -2.10. The maximum absolute atomic E-state index is 11.9. The monoisotopic (exact) mass is 269 g/mol. The lowest BCUT2D eigenvalue weighted by Crippen LogP contribution is -2.12. The number of carbonyl (C=O) groups excluding carboxylic acids is 2. The van der Waals surface area contributed by atoms with Gasteiger partial charge in [0.25, 0.3) is 0 Å². The number of ketones is 1. The highest BCUT2D eigenvalue weighted by Gasteiger charge is 2.16. The minimum Gasteiger partial charge on any atom is -0.312 e. The van der Waals surface area contributed by atoms with Crippen molar-refractivity contribution in [1.82, 2.24) is 0 Å². The summed E-state index contributed by atoms with van der Waals surface area (Å²) in [5, 5.41) is 3.84. The number of allylic oxidation sites excluding steroid dienone is 4. The molecule has 0 bridgehead atoms. The average Bonchev–Trinajstić information content (AvgIpc) is 2.44. The van der Waals surface area contributed by atoms with E-state index in [1.807, 2.05) is 19.1 Å². The van der Waals surface area contributed by atoms with E-state index in [0.717, 1.165) is 11.1 Å². The standard InChI is InChI=1S/C16H15NO3/c1-10-6-4-5-7-13(10)16(19)20-17-14-8-9-15(18)12(3)11(14)2/h4-9H,1-3H3/b17-14-. The van der Waals surface area contributed by atoms with Crippen molar-refractivity contribution >= 4 is 17.5 Å². The predicted octanol–water partition coefficient (Wildman–Crippen LogP) is 2.98. The van der Waals surface area contributed by atoms with Gasteiger partial charge in [-0.25, -0.2) is 4.79 Å². The van der Waals surface area contributed by atoms with Crippen molar-refractivity contribution in [3.63, 3.8) is 0 Å². The van der Waals surface area contributed by atoms with Crippen LogP contribution in [0.2, 0.25) is 0 Å². The van der Waals surface area contributed by atoms with E-state index in [-0.39, 0.29) is 5.78 Å². The van der Waals surface area contributed by atoms with Gasteiger partial charge in [0.05, 0.1) is 5.56 Å². The van der Waals surface area contributed by atoms with Crippen LogP contribution in [-0.2, 0) is 9.63 Å². The molecule has 2 rings (SSSR count). The van der Waals surface area contributed by atoms with Crippen LogP contribution in [0.5, 0.6) is 0 Å². The van der Waals surface area contributed by atoms with Gasteiger partial charge in [0.2, 0.25) is 0 Å². The molecule has 0 aromatic heterocycles. The lowest BCUT2D eigenvalue weighted by molar-refractivity contribution is -0.111. The van der Waals surface area contributed by atoms with Crippen LogP contribution < -0.4 is 0 Å². The Morgan fingerprint density at radius 1 is 1.05 bits per heavy atom. The zero-order valence-corrected chi connectivity index (χ0v) is 11.6. The highest BCUT2D eigenvalue weighted by atomic mass is 16.7. The van der Waals surface area contributed by atoms with Crippen LogP contribution in [0.4, 0.5) is 0 Å². The number of benzene rings is 1. The molecule has 1 aliphatic rings. The van der Waals surface area contributed by atoms with Crippen molar-refractivity contribution < 1.29 is 14.4 Å². The van der Waals surface area contributed by atoms with Crippen molar-refractivity contribution in [2.75, 3.05) is 0 Å². The van der Waals surface area contributed by atoms with Crippen molar-refractivity contribution in [1.29, 1.82) is 0 Å². The van der Waals surface area contributed by atoms with Gasteiger partial charge in [-0.15, -0.1) is 0 Å². The number of nitrogens with zero attached hydrogens (tertiary/aromatic N) is 1. The number of hydrogen-bond acceptors (Lipinski definition) is 4. The van der Waals surface area contributed by atoms with Crippen LogP contribution in [0.1, 0.15) is 29.8 Å². The molecule has 0 N–H and O–H groups in total. The number of carbonyl (C=O) groups is 2. The minimum absolute atomic E-state index is 0.0494. The van der Waals surface area contributed by atoms with Gasteiger partial charge in [-0.3, -0.25) is 4.79 Å². The summed E-state index contributed by atoms with van der Waals surface area (Å²) in [4.78, 5) is 28.3. The number of aryl methyl sites for hydroxylation is 1. The second-order valence-electron chi connectivity index (χ2n) is 4.62. The molecule has 1 aromatic carbocycles. The van der Waals surface area contributed by atoms with Gasteiger partial charge in [-0.2, -0.15) is 0 Å². The summed E-state index contributed by atoms with van der Waals surface area (Å²) in [7, 11) is 0. The Morgan fingerprint density at radius 2 is 1.75 bits per heavy atom. The van der Waals surface area contributed by atoms with Gasteiger partial charge in [-0.05, 0) is 50.1 Å². The first-order valence-electron chi connectivity index (χ1n) is 6.26. The minimum atomic E-state index is -0.508. The summed E-state index contributed by atoms with van der Waals surface area (Å²) in [6.07, 6.45) is 2.97. The molecule has 0 saturated heterocycles. The molecule has 0 spiro atoms. The molecule has 0 atom stereocenters. The first kappa shape index (κ1) is 13.9. The SMILES string of the molecule is CC1=C(C)/C(=N\OC(=O)c2ccccc2C)C=CC1=O. The van der Waals surface area contributed by atoms with Gasteiger partial charge in [0.15, 0.2) is 5.78 Å². The Labute approximate surface area is 117 Å². The molecule has 4 heteroatoms. The first-order valence-corrected chi connectivity index (χ1v) is 6.26. The molecule has 1 aromatic rings. The molecule has 0 heterocycles. The Morgan fingerprint density at radius 3 is 2.45 bits per heavy atom. The Balaban J connectivity index is 2.19. The molecule has 0 unspecified atom stereocenters. The highest BCUT2D eigenvalue weighted by molar-refractivity contribution is 6.21. The molecular formula is C16H15NO3. The molecule has 20 heavy (non-hydrogen) atoms. The fourth-order valence-electron chi connectivity index (χ4n) is 1.82. The lowest BCUT2D eigenvalue weighted by atomic mass is 9.97. The topological polar surface area (TPSA) is 55.7 Å². The largest absolute Gasteiger partial charge is 0.366 e. The molecule has 0 aliphatic heterocycles. The van der Waals surface area contributed by atoms with E-state index in [1.54, 1.807) is 32.1 Å². The number of oxime groups is 1. The maximum Gasteiger partial charge on any atom is 0.366 e. The second-order valence-corrected chi connectivity index (χ2v) is 4.62. The van der Waals surface area contributed by atoms with E-state index in [9.17, 15) is 9.59 Å². The van der Waals surface area contributed by atoms with Gasteiger partial charge in [0.1, 0.15) is 5.71 Å². The zero-order chi connectivity index (χ0) is 14.7. The van der Waals surface area contributed by atoms with Crippen molar-refractivity contribution in [2.45, 2.75) is 20.8 Å². The third-order valence-electron chi connectivity index (χ3n) is 3.30. The summed E-state index contributed by atoms with van der Waals surface area (Å²) in [6.45, 7) is 5.33. The Bertz CT molecular complexity index is 666. The third-order valence-corrected chi connectivity index (χ3v) is 3.30. The van der Waals surface area contributed by atoms with Gasteiger partial charge < -0.3 is 4.84 Å². The highest BCUT2D eigenvalue weighted by Crippen LogP contribution is 2.15. The van der Waals surface area contributed by atoms with Crippen molar-refractivity contribution in [2.24, 2.45) is 5.16 Å². The van der Waals surface area contributed by atoms with Crippen LogP contribution in [0.3, 0.4) is 0 Å². The van der Waals surface area contributed by atoms with Crippen LogP contribution in [0.25, 0.3) is 0 Å². The van der Waals surface area contributed by atoms with Crippen LogP contribution >= 0.6 is 0 Å². The fourth-order valence-corrected chi connectivity index (χ4v) is 1.82. The van der Waals surface area contributed by atoms with Crippen molar-refractivity contribution in [3.05, 3.63) is 58.7 Å². The van der Waals surface area contributed by atoms with E-state index < -0.39 is 5.97 Å². The summed E-state index contributed by atoms with van der Waals surface area (Å²) in [6, 6.07) is 7.14. The molecule has 0 saturated carbocycles. The smallest absolute Gasteiger partial charge is 0.312 e. The zero-order valence-electron chi connectivity index (χ0n) is 11.6. The molecular weight excluding hydrogens is 254 g/mol. The number of hydrogen-bond donors (Lipinski definition) is 0. The van der Waals surface area contributed by atoms with E-state index in [4.69, 9.17) is 4.84 Å². The summed E-state index contributed by atoms with van der Waals surface area (Å²) >= 11 is 0. The normalized spacial score (nSPS) is 16.8. The molecule has 102 valence electrons. The van der Waals surface area contributed by atoms with E-state index in [0.29, 0.717) is 16.8 Å². The van der Waals surface area contributed by atoms with E-state index in [1.165, 1.54) is 6.08 Å².